The molecule has 0 radical (unpaired) electrons. The molecule has 0 fully saturated rings. The van der Waals surface area contributed by atoms with Crippen LogP contribution in [-0.2, 0) is 32.7 Å². The van der Waals surface area contributed by atoms with Crippen molar-refractivity contribution in [1.29, 1.82) is 0 Å². The fourth-order valence-electron chi connectivity index (χ4n) is 6.71. The summed E-state index contributed by atoms with van der Waals surface area (Å²) < 4.78 is 32.8. The third kappa shape index (κ3) is 53.4. The van der Waals surface area contributed by atoms with Crippen molar-refractivity contribution in [2.75, 3.05) is 26.4 Å². The molecule has 0 aromatic carbocycles. The van der Waals surface area contributed by atoms with Gasteiger partial charge in [0.1, 0.15) is 6.61 Å². The molecule has 2 unspecified atom stereocenters. The second kappa shape index (κ2) is 53.5. The Balaban J connectivity index is 4.03. The highest BCUT2D eigenvalue weighted by molar-refractivity contribution is 7.47. The van der Waals surface area contributed by atoms with Gasteiger partial charge in [-0.2, -0.15) is 0 Å². The van der Waals surface area contributed by atoms with Crippen LogP contribution in [0.15, 0.2) is 134 Å². The van der Waals surface area contributed by atoms with Crippen LogP contribution in [0.5, 0.6) is 0 Å². The Morgan fingerprint density at radius 3 is 1.19 bits per heavy atom. The number of nitrogens with two attached hydrogens (primary N) is 1. The maximum absolute atomic E-state index is 12.7. The highest BCUT2D eigenvalue weighted by atomic mass is 31.2. The molecule has 0 saturated heterocycles. The smallest absolute Gasteiger partial charge is 0.461 e. The summed E-state index contributed by atoms with van der Waals surface area (Å²) in [7, 11) is -4.41. The van der Waals surface area contributed by atoms with Crippen LogP contribution < -0.4 is 5.73 Å². The summed E-state index contributed by atoms with van der Waals surface area (Å²) in [6.45, 7) is 3.38. The molecule has 390 valence electrons. The molecular formula is C59H96NO8P. The van der Waals surface area contributed by atoms with E-state index >= 15 is 0 Å². The van der Waals surface area contributed by atoms with E-state index in [1.54, 1.807) is 6.08 Å². The molecule has 0 aliphatic carbocycles. The lowest BCUT2D eigenvalue weighted by atomic mass is 10.0. The lowest BCUT2D eigenvalue weighted by molar-refractivity contribution is -0.160. The number of phosphoric ester groups is 1. The third-order valence-electron chi connectivity index (χ3n) is 10.6. The minimum Gasteiger partial charge on any atom is -0.461 e. The van der Waals surface area contributed by atoms with E-state index in [9.17, 15) is 19.0 Å². The van der Waals surface area contributed by atoms with Crippen molar-refractivity contribution in [1.82, 2.24) is 0 Å². The lowest BCUT2D eigenvalue weighted by Gasteiger charge is -2.19. The predicted molar refractivity (Wildman–Crippen MR) is 293 cm³/mol. The Morgan fingerprint density at radius 1 is 0.449 bits per heavy atom. The summed E-state index contributed by atoms with van der Waals surface area (Å²) >= 11 is 0. The summed E-state index contributed by atoms with van der Waals surface area (Å²) in [5.41, 5.74) is 5.36. The minimum atomic E-state index is -4.41. The van der Waals surface area contributed by atoms with Crippen molar-refractivity contribution in [3.05, 3.63) is 134 Å². The number of carbonyl (C=O) groups excluding carboxylic acids is 2. The van der Waals surface area contributed by atoms with E-state index in [0.29, 0.717) is 12.8 Å². The van der Waals surface area contributed by atoms with Gasteiger partial charge in [-0.15, -0.1) is 0 Å². The second-order valence-electron chi connectivity index (χ2n) is 17.0. The molecule has 0 rings (SSSR count). The number of phosphoric acid groups is 1. The number of unbranched alkanes of at least 4 members (excludes halogenated alkanes) is 14. The van der Waals surface area contributed by atoms with Crippen LogP contribution in [-0.4, -0.2) is 49.3 Å². The number of carbonyl (C=O) groups is 2. The molecule has 3 N–H and O–H groups in total. The summed E-state index contributed by atoms with van der Waals surface area (Å²) in [4.78, 5) is 35.0. The molecule has 0 aromatic heterocycles. The lowest BCUT2D eigenvalue weighted by Crippen LogP contribution is -2.29. The Bertz CT molecular complexity index is 1580. The topological polar surface area (TPSA) is 134 Å². The number of hydrogen-bond donors (Lipinski definition) is 2. The van der Waals surface area contributed by atoms with Gasteiger partial charge in [0.25, 0.3) is 0 Å². The van der Waals surface area contributed by atoms with Gasteiger partial charge in [-0.05, 0) is 89.9 Å². The van der Waals surface area contributed by atoms with Crippen molar-refractivity contribution in [3.8, 4) is 0 Å². The van der Waals surface area contributed by atoms with Crippen molar-refractivity contribution in [2.24, 2.45) is 5.73 Å². The van der Waals surface area contributed by atoms with Crippen molar-refractivity contribution >= 4 is 19.8 Å². The Hall–Kier alpha value is -3.85. The Labute approximate surface area is 421 Å². The first-order valence-corrected chi connectivity index (χ1v) is 28.2. The van der Waals surface area contributed by atoms with E-state index in [4.69, 9.17) is 24.3 Å². The van der Waals surface area contributed by atoms with E-state index in [0.717, 1.165) is 83.5 Å². The van der Waals surface area contributed by atoms with E-state index < -0.39 is 32.5 Å². The molecule has 9 nitrogen and oxygen atoms in total. The van der Waals surface area contributed by atoms with Gasteiger partial charge >= 0.3 is 19.8 Å². The molecule has 0 bridgehead atoms. The summed E-state index contributed by atoms with van der Waals surface area (Å²) in [6.07, 6.45) is 75.4. The highest BCUT2D eigenvalue weighted by Gasteiger charge is 2.25. The van der Waals surface area contributed by atoms with Crippen LogP contribution in [0.4, 0.5) is 0 Å². The predicted octanol–water partition coefficient (Wildman–Crippen LogP) is 16.6. The summed E-state index contributed by atoms with van der Waals surface area (Å²) in [6, 6.07) is 0. The summed E-state index contributed by atoms with van der Waals surface area (Å²) in [5.74, 6) is -0.985. The average molecular weight is 978 g/mol. The number of allylic oxidation sites excluding steroid dienone is 21. The first kappa shape index (κ1) is 65.1. The third-order valence-corrected chi connectivity index (χ3v) is 11.5. The molecule has 0 heterocycles. The maximum Gasteiger partial charge on any atom is 0.472 e. The fourth-order valence-corrected chi connectivity index (χ4v) is 7.48. The van der Waals surface area contributed by atoms with Crippen LogP contribution in [0.2, 0.25) is 0 Å². The van der Waals surface area contributed by atoms with Crippen LogP contribution in [0, 0.1) is 0 Å². The Morgan fingerprint density at radius 2 is 0.797 bits per heavy atom. The second-order valence-corrected chi connectivity index (χ2v) is 18.5. The molecule has 0 amide bonds. The quantitative estimate of drug-likeness (QED) is 0.0264. The van der Waals surface area contributed by atoms with Gasteiger partial charge in [-0.1, -0.05) is 225 Å². The number of rotatable bonds is 48. The Kier molecular flexibility index (Phi) is 50.5. The van der Waals surface area contributed by atoms with Gasteiger partial charge in [0.15, 0.2) is 6.10 Å². The van der Waals surface area contributed by atoms with E-state index in [1.165, 1.54) is 70.6 Å². The minimum absolute atomic E-state index is 0.0356. The normalized spacial score (nSPS) is 14.2. The first-order chi connectivity index (χ1) is 33.8. The fraction of sp³-hybridized carbons (Fsp3) is 0.593. The molecule has 69 heavy (non-hydrogen) atoms. The molecular weight excluding hydrogens is 882 g/mol. The zero-order chi connectivity index (χ0) is 50.2. The largest absolute Gasteiger partial charge is 0.472 e. The van der Waals surface area contributed by atoms with E-state index in [-0.39, 0.29) is 32.6 Å². The van der Waals surface area contributed by atoms with Crippen LogP contribution >= 0.6 is 7.82 Å². The van der Waals surface area contributed by atoms with Gasteiger partial charge < -0.3 is 20.1 Å². The van der Waals surface area contributed by atoms with Gasteiger partial charge in [0.05, 0.1) is 19.6 Å². The van der Waals surface area contributed by atoms with Gasteiger partial charge in [0, 0.05) is 13.0 Å². The molecule has 0 aliphatic rings. The SMILES string of the molecule is CC/C=C\C/C=C\C/C=C\C/C=C\C/C=C\C/C=C\CCCCCCCCCCCCCCCCC(=O)OC(COC(=O)C/C=C\C/C=C\C/C=C\C/C=C\C/C=C\CC)COP(=O)(O)OCCN. The van der Waals surface area contributed by atoms with Gasteiger partial charge in [0.2, 0.25) is 0 Å². The molecule has 0 spiro atoms. The van der Waals surface area contributed by atoms with Crippen molar-refractivity contribution < 1.29 is 37.6 Å². The van der Waals surface area contributed by atoms with Crippen LogP contribution in [0.1, 0.15) is 194 Å². The molecule has 0 aromatic rings. The van der Waals surface area contributed by atoms with Crippen molar-refractivity contribution in [3.63, 3.8) is 0 Å². The van der Waals surface area contributed by atoms with Crippen LogP contribution in [0.3, 0.4) is 0 Å². The molecule has 10 heteroatoms. The molecule has 2 atom stereocenters. The van der Waals surface area contributed by atoms with Gasteiger partial charge in [-0.3, -0.25) is 18.6 Å². The maximum atomic E-state index is 12.7. The monoisotopic (exact) mass is 978 g/mol. The zero-order valence-corrected chi connectivity index (χ0v) is 44.1. The number of ether oxygens (including phenoxy) is 2. The van der Waals surface area contributed by atoms with Crippen molar-refractivity contribution in [2.45, 2.75) is 200 Å². The highest BCUT2D eigenvalue weighted by Crippen LogP contribution is 2.43. The van der Waals surface area contributed by atoms with E-state index in [2.05, 4.69) is 129 Å². The number of hydrogen-bond acceptors (Lipinski definition) is 8. The molecule has 0 aliphatic heterocycles. The van der Waals surface area contributed by atoms with Gasteiger partial charge in [-0.25, -0.2) is 4.57 Å². The van der Waals surface area contributed by atoms with E-state index in [1.807, 2.05) is 12.2 Å². The van der Waals surface area contributed by atoms with Crippen LogP contribution in [0.25, 0.3) is 0 Å². The first-order valence-electron chi connectivity index (χ1n) is 26.7. The summed E-state index contributed by atoms with van der Waals surface area (Å²) in [5, 5.41) is 0. The zero-order valence-electron chi connectivity index (χ0n) is 43.2. The number of esters is 2. The molecule has 0 saturated carbocycles. The average Bonchev–Trinajstić information content (AvgIpc) is 3.34. The standard InChI is InChI=1S/C59H96NO8P/c1-3-5-7-9-11-13-15-17-19-20-21-22-23-24-25-26-27-28-29-30-31-32-33-34-35-36-38-40-42-44-46-48-50-52-59(62)68-57(56-67-69(63,64)66-54-53-60)55-65-58(61)51-49-47-45-43-41-39-37-18-16-14-12-10-8-6-4-2/h5-8,11-14,17-19,21-22,24-25,27-28,37,41,43,47,49,57H,3-4,9-10,15-16,20,23,26,29-36,38-40,42,44-46,48,50-56,60H2,1-2H3,(H,63,64)/b7-5-,8-6-,13-11-,14-12-,19-17-,22-21-,25-24-,28-27-,37-18-,43-41-,49-47-.